The summed E-state index contributed by atoms with van der Waals surface area (Å²) in [5.74, 6) is -2.44. The molecule has 0 fully saturated rings. The molecule has 2 N–H and O–H groups in total. The van der Waals surface area contributed by atoms with Crippen LogP contribution in [-0.4, -0.2) is 20.9 Å². The summed E-state index contributed by atoms with van der Waals surface area (Å²) in [6.45, 7) is 4.41. The maximum atomic E-state index is 13.5. The van der Waals surface area contributed by atoms with Crippen molar-refractivity contribution in [1.29, 1.82) is 0 Å². The molecule has 0 saturated carbocycles. The van der Waals surface area contributed by atoms with Crippen LogP contribution in [-0.2, 0) is 6.54 Å². The van der Waals surface area contributed by atoms with Crippen LogP contribution in [0.1, 0.15) is 17.4 Å². The molecule has 96 valence electrons. The Balaban J connectivity index is 3.01. The molecule has 0 aromatic carbocycles. The third kappa shape index (κ3) is 3.34. The molecule has 1 rings (SSSR count). The van der Waals surface area contributed by atoms with E-state index in [0.717, 1.165) is 10.8 Å². The largest absolute Gasteiger partial charge is 0.364 e. The third-order valence-electron chi connectivity index (χ3n) is 2.04. The first kappa shape index (κ1) is 13.8. The van der Waals surface area contributed by atoms with Crippen molar-refractivity contribution in [3.8, 4) is 0 Å². The normalized spacial score (nSPS) is 12.6. The van der Waals surface area contributed by atoms with Crippen molar-refractivity contribution in [3.05, 3.63) is 47.8 Å². The van der Waals surface area contributed by atoms with Gasteiger partial charge in [-0.1, -0.05) is 17.9 Å². The van der Waals surface area contributed by atoms with Crippen LogP contribution >= 0.6 is 0 Å². The second-order valence-electron chi connectivity index (χ2n) is 3.40. The van der Waals surface area contributed by atoms with E-state index < -0.39 is 17.6 Å². The highest BCUT2D eigenvalue weighted by Gasteiger charge is 2.12. The van der Waals surface area contributed by atoms with Gasteiger partial charge >= 0.3 is 0 Å². The van der Waals surface area contributed by atoms with Gasteiger partial charge in [-0.05, 0) is 13.0 Å². The van der Waals surface area contributed by atoms with Crippen LogP contribution in [0.15, 0.2) is 42.2 Å². The minimum absolute atomic E-state index is 0.0785. The minimum atomic E-state index is -0.915. The van der Waals surface area contributed by atoms with Crippen LogP contribution < -0.4 is 5.73 Å². The topological polar surface area (TPSA) is 73.8 Å². The second-order valence-corrected chi connectivity index (χ2v) is 3.40. The molecule has 5 nitrogen and oxygen atoms in total. The van der Waals surface area contributed by atoms with Crippen molar-refractivity contribution in [2.24, 2.45) is 5.73 Å². The molecule has 0 aliphatic rings. The standard InChI is InChI=1S/C11H12F2N4O/c1-3-4-9(13)8(7(2)12)5-17-6-10(11(14)18)15-16-17/h3-4,6H,2,5H2,1H3,(H2,14,18). The summed E-state index contributed by atoms with van der Waals surface area (Å²) in [6.07, 6.45) is 3.73. The van der Waals surface area contributed by atoms with Crippen LogP contribution in [0.25, 0.3) is 0 Å². The Morgan fingerprint density at radius 3 is 2.72 bits per heavy atom. The summed E-state index contributed by atoms with van der Waals surface area (Å²) in [5, 5.41) is 6.99. The summed E-state index contributed by atoms with van der Waals surface area (Å²) < 4.78 is 27.7. The summed E-state index contributed by atoms with van der Waals surface area (Å²) in [5.41, 5.74) is 4.63. The molecule has 1 aromatic rings. The first-order valence-electron chi connectivity index (χ1n) is 5.01. The minimum Gasteiger partial charge on any atom is -0.364 e. The lowest BCUT2D eigenvalue weighted by atomic mass is 10.2. The molecule has 0 atom stereocenters. The smallest absolute Gasteiger partial charge is 0.270 e. The highest BCUT2D eigenvalue weighted by Crippen LogP contribution is 2.19. The zero-order chi connectivity index (χ0) is 13.7. The van der Waals surface area contributed by atoms with E-state index >= 15 is 0 Å². The third-order valence-corrected chi connectivity index (χ3v) is 2.04. The number of allylic oxidation sites excluding steroid dienone is 5. The van der Waals surface area contributed by atoms with Gasteiger partial charge in [0.25, 0.3) is 5.91 Å². The van der Waals surface area contributed by atoms with Crippen LogP contribution in [0.5, 0.6) is 0 Å². The number of hydrogen-bond donors (Lipinski definition) is 1. The van der Waals surface area contributed by atoms with E-state index in [1.807, 2.05) is 0 Å². The van der Waals surface area contributed by atoms with Crippen molar-refractivity contribution < 1.29 is 13.6 Å². The number of aromatic nitrogens is 3. The molecule has 1 amide bonds. The number of rotatable bonds is 5. The fraction of sp³-hybridized carbons (Fsp3) is 0.182. The Bertz CT molecular complexity index is 531. The molecule has 1 aromatic heterocycles. The maximum Gasteiger partial charge on any atom is 0.270 e. The molecule has 7 heteroatoms. The quantitative estimate of drug-likeness (QED) is 0.812. The molecule has 18 heavy (non-hydrogen) atoms. The van der Waals surface area contributed by atoms with Gasteiger partial charge in [0.15, 0.2) is 5.69 Å². The predicted octanol–water partition coefficient (Wildman–Crippen LogP) is 1.66. The van der Waals surface area contributed by atoms with Gasteiger partial charge in [0.2, 0.25) is 0 Å². The predicted molar refractivity (Wildman–Crippen MR) is 61.7 cm³/mol. The van der Waals surface area contributed by atoms with Crippen LogP contribution in [0.2, 0.25) is 0 Å². The fourth-order valence-corrected chi connectivity index (χ4v) is 1.19. The van der Waals surface area contributed by atoms with E-state index in [2.05, 4.69) is 16.9 Å². The first-order valence-corrected chi connectivity index (χ1v) is 5.01. The van der Waals surface area contributed by atoms with Gasteiger partial charge in [-0.15, -0.1) is 5.10 Å². The molecule has 1 heterocycles. The van der Waals surface area contributed by atoms with Gasteiger partial charge in [-0.25, -0.2) is 13.5 Å². The van der Waals surface area contributed by atoms with Gasteiger partial charge in [-0.2, -0.15) is 0 Å². The van der Waals surface area contributed by atoms with Crippen molar-refractivity contribution in [2.75, 3.05) is 0 Å². The lowest BCUT2D eigenvalue weighted by molar-refractivity contribution is 0.0995. The first-order chi connectivity index (χ1) is 8.45. The zero-order valence-corrected chi connectivity index (χ0v) is 9.73. The van der Waals surface area contributed by atoms with Crippen molar-refractivity contribution in [1.82, 2.24) is 15.0 Å². The Kier molecular flexibility index (Phi) is 4.47. The van der Waals surface area contributed by atoms with E-state index in [0.29, 0.717) is 0 Å². The molecule has 0 aliphatic carbocycles. The van der Waals surface area contributed by atoms with Crippen LogP contribution in [0.3, 0.4) is 0 Å². The Morgan fingerprint density at radius 2 is 2.28 bits per heavy atom. The molecule has 0 bridgehead atoms. The molecule has 0 saturated heterocycles. The summed E-state index contributed by atoms with van der Waals surface area (Å²) in [6, 6.07) is 0. The molecule has 0 spiro atoms. The molecule has 0 unspecified atom stereocenters. The van der Waals surface area contributed by atoms with Crippen LogP contribution in [0.4, 0.5) is 8.78 Å². The van der Waals surface area contributed by atoms with E-state index in [-0.39, 0.29) is 17.8 Å². The number of nitrogens with zero attached hydrogens (tertiary/aromatic N) is 3. The SMILES string of the molecule is C=C(F)C(Cn1cc(C(N)=O)nn1)=C(F)C=CC. The molecule has 0 aliphatic heterocycles. The second kappa shape index (κ2) is 5.85. The van der Waals surface area contributed by atoms with Gasteiger partial charge < -0.3 is 5.73 Å². The van der Waals surface area contributed by atoms with E-state index in [9.17, 15) is 13.6 Å². The Morgan fingerprint density at radius 1 is 1.61 bits per heavy atom. The van der Waals surface area contributed by atoms with E-state index in [4.69, 9.17) is 5.73 Å². The van der Waals surface area contributed by atoms with Gasteiger partial charge in [0.1, 0.15) is 11.7 Å². The fourth-order valence-electron chi connectivity index (χ4n) is 1.19. The van der Waals surface area contributed by atoms with Gasteiger partial charge in [-0.3, -0.25) is 4.79 Å². The number of nitrogens with two attached hydrogens (primary N) is 1. The summed E-state index contributed by atoms with van der Waals surface area (Å²) >= 11 is 0. The highest BCUT2D eigenvalue weighted by atomic mass is 19.1. The number of hydrogen-bond acceptors (Lipinski definition) is 3. The summed E-state index contributed by atoms with van der Waals surface area (Å²) in [7, 11) is 0. The monoisotopic (exact) mass is 254 g/mol. The van der Waals surface area contributed by atoms with E-state index in [1.165, 1.54) is 12.3 Å². The number of amides is 1. The highest BCUT2D eigenvalue weighted by molar-refractivity contribution is 5.90. The Hall–Kier alpha value is -2.31. The number of carbonyl (C=O) groups excluding carboxylic acids is 1. The lowest BCUT2D eigenvalue weighted by Gasteiger charge is -2.04. The van der Waals surface area contributed by atoms with E-state index in [1.54, 1.807) is 6.92 Å². The zero-order valence-electron chi connectivity index (χ0n) is 9.73. The molecular weight excluding hydrogens is 242 g/mol. The number of halogens is 2. The number of carbonyl (C=O) groups is 1. The van der Waals surface area contributed by atoms with Crippen LogP contribution in [0, 0.1) is 0 Å². The maximum absolute atomic E-state index is 13.5. The van der Waals surface area contributed by atoms with Gasteiger partial charge in [0, 0.05) is 5.57 Å². The van der Waals surface area contributed by atoms with Crippen molar-refractivity contribution in [3.63, 3.8) is 0 Å². The lowest BCUT2D eigenvalue weighted by Crippen LogP contribution is -2.11. The summed E-state index contributed by atoms with van der Waals surface area (Å²) in [4.78, 5) is 10.8. The molecule has 0 radical (unpaired) electrons. The average Bonchev–Trinajstić information content (AvgIpc) is 2.74. The van der Waals surface area contributed by atoms with Crippen molar-refractivity contribution in [2.45, 2.75) is 13.5 Å². The van der Waals surface area contributed by atoms with Gasteiger partial charge in [0.05, 0.1) is 12.7 Å². The van der Waals surface area contributed by atoms with Crippen molar-refractivity contribution >= 4 is 5.91 Å². The Labute approximate surface area is 102 Å². The molecular formula is C11H12F2N4O. The number of primary amides is 1. The average molecular weight is 254 g/mol.